The van der Waals surface area contributed by atoms with Crippen LogP contribution in [0.1, 0.15) is 19.3 Å². The van der Waals surface area contributed by atoms with Crippen LogP contribution in [0, 0.1) is 11.8 Å². The average Bonchev–Trinajstić information content (AvgIpc) is 3.38. The molecular formula is C26H31ClN4O8S2. The minimum Gasteiger partial charge on any atom is -0.453 e. The van der Waals surface area contributed by atoms with Crippen LogP contribution in [0.5, 0.6) is 0 Å². The van der Waals surface area contributed by atoms with E-state index >= 15 is 0 Å². The number of fused-ring (bicyclic) bond motifs is 3. The first kappa shape index (κ1) is 29.4. The minimum absolute atomic E-state index is 0.103. The monoisotopic (exact) mass is 626 g/mol. The Labute approximate surface area is 246 Å². The highest BCUT2D eigenvalue weighted by molar-refractivity contribution is 7.92. The highest BCUT2D eigenvalue weighted by Crippen LogP contribution is 2.35. The van der Waals surface area contributed by atoms with Gasteiger partial charge in [0.05, 0.1) is 20.8 Å². The highest BCUT2D eigenvalue weighted by atomic mass is 35.5. The summed E-state index contributed by atoms with van der Waals surface area (Å²) >= 11 is 7.02. The van der Waals surface area contributed by atoms with Gasteiger partial charge in [0.15, 0.2) is 0 Å². The summed E-state index contributed by atoms with van der Waals surface area (Å²) in [6.07, 6.45) is -0.155. The summed E-state index contributed by atoms with van der Waals surface area (Å²) in [6.45, 7) is 1.92. The van der Waals surface area contributed by atoms with Gasteiger partial charge in [-0.2, -0.15) is 12.7 Å². The van der Waals surface area contributed by atoms with Gasteiger partial charge in [0.25, 0.3) is 10.0 Å². The zero-order valence-corrected chi connectivity index (χ0v) is 25.0. The molecular weight excluding hydrogens is 596 g/mol. The molecule has 0 saturated carbocycles. The van der Waals surface area contributed by atoms with Crippen molar-refractivity contribution in [2.24, 2.45) is 11.8 Å². The van der Waals surface area contributed by atoms with Gasteiger partial charge in [-0.1, -0.05) is 11.6 Å². The van der Waals surface area contributed by atoms with Crippen molar-refractivity contribution >= 4 is 67.0 Å². The number of benzene rings is 1. The number of hydrogen-bond acceptors (Lipinski definition) is 9. The standard InChI is InChI=1S/C26H31ClN4O8S2/c1-38-25(34)30-13-16-8-17(14-30)12-29(11-16)22(32)15-28-7-3-4-20(24(28)33)31(26(35)39-2)41(36,37)23-10-18-9-19(27)5-6-21(18)40-23/h5-6,9-10,16-17,20H,3-4,7-8,11-15H2,1-2H3/t16?,17?,20-/m0/s1. The number of piperidine rings is 3. The van der Waals surface area contributed by atoms with Gasteiger partial charge >= 0.3 is 12.2 Å². The maximum atomic E-state index is 13.7. The van der Waals surface area contributed by atoms with Crippen LogP contribution in [0.15, 0.2) is 28.5 Å². The zero-order chi connectivity index (χ0) is 29.5. The molecule has 3 aliphatic heterocycles. The van der Waals surface area contributed by atoms with Gasteiger partial charge in [-0.15, -0.1) is 11.3 Å². The molecule has 2 aromatic rings. The zero-order valence-electron chi connectivity index (χ0n) is 22.7. The second-order valence-corrected chi connectivity index (χ2v) is 14.1. The molecule has 4 heterocycles. The predicted molar refractivity (Wildman–Crippen MR) is 150 cm³/mol. The summed E-state index contributed by atoms with van der Waals surface area (Å²) < 4.78 is 38.2. The van der Waals surface area contributed by atoms with Crippen molar-refractivity contribution in [2.75, 3.05) is 53.5 Å². The van der Waals surface area contributed by atoms with Gasteiger partial charge in [-0.05, 0) is 60.7 Å². The quantitative estimate of drug-likeness (QED) is 0.495. The first-order valence-electron chi connectivity index (χ1n) is 13.2. The lowest BCUT2D eigenvalue weighted by Crippen LogP contribution is -2.59. The lowest BCUT2D eigenvalue weighted by atomic mass is 9.85. The van der Waals surface area contributed by atoms with Crippen LogP contribution in [0.4, 0.5) is 9.59 Å². The molecule has 2 bridgehead atoms. The molecule has 1 aromatic heterocycles. The number of sulfonamides is 1. The van der Waals surface area contributed by atoms with Gasteiger partial charge in [0.2, 0.25) is 11.8 Å². The Morgan fingerprint density at radius 1 is 1.05 bits per heavy atom. The molecule has 0 aliphatic carbocycles. The van der Waals surface area contributed by atoms with Crippen molar-refractivity contribution in [3.05, 3.63) is 29.3 Å². The van der Waals surface area contributed by atoms with E-state index in [0.717, 1.165) is 24.9 Å². The van der Waals surface area contributed by atoms with Crippen LogP contribution >= 0.6 is 22.9 Å². The summed E-state index contributed by atoms with van der Waals surface area (Å²) in [5, 5.41) is 1.03. The van der Waals surface area contributed by atoms with Crippen LogP contribution in [0.3, 0.4) is 0 Å². The van der Waals surface area contributed by atoms with Crippen molar-refractivity contribution in [1.82, 2.24) is 19.0 Å². The number of carbonyl (C=O) groups is 4. The van der Waals surface area contributed by atoms with Crippen LogP contribution in [0.25, 0.3) is 10.1 Å². The van der Waals surface area contributed by atoms with Crippen LogP contribution in [0.2, 0.25) is 5.02 Å². The van der Waals surface area contributed by atoms with E-state index in [1.54, 1.807) is 28.0 Å². The van der Waals surface area contributed by atoms with Gasteiger partial charge in [-0.3, -0.25) is 9.59 Å². The molecule has 3 saturated heterocycles. The molecule has 3 aliphatic rings. The summed E-state index contributed by atoms with van der Waals surface area (Å²) in [5.74, 6) is -0.677. The largest absolute Gasteiger partial charge is 0.453 e. The lowest BCUT2D eigenvalue weighted by molar-refractivity contribution is -0.146. The lowest BCUT2D eigenvalue weighted by Gasteiger charge is -2.45. The number of methoxy groups -OCH3 is 2. The number of hydrogen-bond donors (Lipinski definition) is 0. The number of likely N-dealkylation sites (tertiary alicyclic amines) is 3. The van der Waals surface area contributed by atoms with Gasteiger partial charge in [0.1, 0.15) is 10.3 Å². The molecule has 0 radical (unpaired) electrons. The molecule has 4 amide bonds. The van der Waals surface area contributed by atoms with Gasteiger partial charge in [0, 0.05) is 42.4 Å². The number of ether oxygens (including phenoxy) is 2. The third kappa shape index (κ3) is 5.82. The number of rotatable bonds is 5. The van der Waals surface area contributed by atoms with Crippen molar-refractivity contribution in [2.45, 2.75) is 29.5 Å². The van der Waals surface area contributed by atoms with E-state index in [0.29, 0.717) is 52.0 Å². The molecule has 15 heteroatoms. The summed E-state index contributed by atoms with van der Waals surface area (Å²) in [7, 11) is -2.07. The molecule has 3 fully saturated rings. The van der Waals surface area contributed by atoms with Crippen molar-refractivity contribution in [1.29, 1.82) is 0 Å². The van der Waals surface area contributed by atoms with Crippen molar-refractivity contribution < 1.29 is 37.1 Å². The molecule has 0 N–H and O–H groups in total. The summed E-state index contributed by atoms with van der Waals surface area (Å²) in [6, 6.07) is 5.01. The SMILES string of the molecule is COC(=O)N1CC2CC(CN(C(=O)CN3CCC[C@H](N(C(=O)OC)S(=O)(=O)c4cc5cc(Cl)ccc5s4)C3=O)C2)C1. The maximum absolute atomic E-state index is 13.7. The first-order chi connectivity index (χ1) is 19.5. The molecule has 1 aromatic carbocycles. The fourth-order valence-electron chi connectivity index (χ4n) is 6.02. The predicted octanol–water partition coefficient (Wildman–Crippen LogP) is 2.85. The van der Waals surface area contributed by atoms with E-state index in [4.69, 9.17) is 21.1 Å². The third-order valence-corrected chi connectivity index (χ3v) is 11.4. The molecule has 41 heavy (non-hydrogen) atoms. The van der Waals surface area contributed by atoms with E-state index in [2.05, 4.69) is 0 Å². The molecule has 3 atom stereocenters. The first-order valence-corrected chi connectivity index (χ1v) is 15.9. The van der Waals surface area contributed by atoms with E-state index in [1.165, 1.54) is 18.1 Å². The van der Waals surface area contributed by atoms with Crippen LogP contribution in [-0.4, -0.2) is 111 Å². The Kier molecular flexibility index (Phi) is 8.35. The molecule has 2 unspecified atom stereocenters. The van der Waals surface area contributed by atoms with Crippen LogP contribution < -0.4 is 0 Å². The van der Waals surface area contributed by atoms with E-state index in [1.807, 2.05) is 0 Å². The summed E-state index contributed by atoms with van der Waals surface area (Å²) in [4.78, 5) is 56.5. The van der Waals surface area contributed by atoms with Crippen molar-refractivity contribution in [3.8, 4) is 0 Å². The minimum atomic E-state index is -4.47. The summed E-state index contributed by atoms with van der Waals surface area (Å²) in [5.41, 5.74) is 0. The fraction of sp³-hybridized carbons (Fsp3) is 0.538. The molecule has 0 spiro atoms. The second-order valence-electron chi connectivity index (χ2n) is 10.6. The molecule has 222 valence electrons. The fourth-order valence-corrected chi connectivity index (χ4v) is 9.17. The van der Waals surface area contributed by atoms with Crippen molar-refractivity contribution in [3.63, 3.8) is 0 Å². The maximum Gasteiger partial charge on any atom is 0.424 e. The Bertz CT molecular complexity index is 1470. The Balaban J connectivity index is 1.32. The van der Waals surface area contributed by atoms with Gasteiger partial charge in [-0.25, -0.2) is 9.59 Å². The molecule has 12 nitrogen and oxygen atoms in total. The average molecular weight is 627 g/mol. The number of nitrogens with zero attached hydrogens (tertiary/aromatic N) is 4. The Morgan fingerprint density at radius 2 is 1.73 bits per heavy atom. The topological polar surface area (TPSA) is 134 Å². The third-order valence-electron chi connectivity index (χ3n) is 7.80. The smallest absolute Gasteiger partial charge is 0.424 e. The van der Waals surface area contributed by atoms with E-state index in [9.17, 15) is 27.6 Å². The van der Waals surface area contributed by atoms with Crippen LogP contribution in [-0.2, 0) is 29.1 Å². The van der Waals surface area contributed by atoms with Gasteiger partial charge < -0.3 is 24.2 Å². The van der Waals surface area contributed by atoms with E-state index in [-0.39, 0.29) is 47.6 Å². The number of carbonyl (C=O) groups excluding carboxylic acids is 4. The Hall–Kier alpha value is -3.10. The Morgan fingerprint density at radius 3 is 2.39 bits per heavy atom. The highest BCUT2D eigenvalue weighted by Gasteiger charge is 2.45. The van der Waals surface area contributed by atoms with E-state index < -0.39 is 28.1 Å². The molecule has 5 rings (SSSR count). The normalized spacial score (nSPS) is 23.0. The number of thiophene rings is 1. The second kappa shape index (κ2) is 11.6. The number of halogens is 1. The number of amides is 4.